The Kier molecular flexibility index (Phi) is 13.4. The predicted molar refractivity (Wildman–Crippen MR) is 234 cm³/mol. The number of hydrogen-bond donors (Lipinski definition) is 4. The van der Waals surface area contributed by atoms with Crippen molar-refractivity contribution in [2.24, 2.45) is 11.3 Å². The van der Waals surface area contributed by atoms with Gasteiger partial charge in [0.2, 0.25) is 0 Å². The lowest BCUT2D eigenvalue weighted by molar-refractivity contribution is -0.165. The summed E-state index contributed by atoms with van der Waals surface area (Å²) in [6.07, 6.45) is 5.43. The third-order valence-corrected chi connectivity index (χ3v) is 12.4. The summed E-state index contributed by atoms with van der Waals surface area (Å²) in [4.78, 5) is 48.8. The van der Waals surface area contributed by atoms with E-state index in [0.29, 0.717) is 44.7 Å². The number of carbonyl (C=O) groups excluding carboxylic acids is 2. The molecule has 6 heterocycles. The third kappa shape index (κ3) is 10.4. The lowest BCUT2D eigenvalue weighted by Crippen LogP contribution is -2.71. The van der Waals surface area contributed by atoms with Crippen molar-refractivity contribution in [2.45, 2.75) is 142 Å². The van der Waals surface area contributed by atoms with E-state index in [2.05, 4.69) is 47.4 Å². The summed E-state index contributed by atoms with van der Waals surface area (Å²) in [6.45, 7) is 17.1. The molecule has 16 heteroatoms. The molecule has 342 valence electrons. The largest absolute Gasteiger partial charge is 0.480 e. The molecule has 8 rings (SSSR count). The van der Waals surface area contributed by atoms with Crippen LogP contribution in [-0.4, -0.2) is 110 Å². The summed E-state index contributed by atoms with van der Waals surface area (Å²) in [5.41, 5.74) is 7.26. The van der Waals surface area contributed by atoms with E-state index in [1.54, 1.807) is 34.1 Å². The van der Waals surface area contributed by atoms with Crippen molar-refractivity contribution in [3.05, 3.63) is 59.9 Å². The zero-order chi connectivity index (χ0) is 45.4. The van der Waals surface area contributed by atoms with Gasteiger partial charge in [0.1, 0.15) is 29.6 Å². The van der Waals surface area contributed by atoms with Crippen molar-refractivity contribution in [3.63, 3.8) is 0 Å². The van der Waals surface area contributed by atoms with Gasteiger partial charge < -0.3 is 43.5 Å². The van der Waals surface area contributed by atoms with Crippen molar-refractivity contribution in [1.82, 2.24) is 30.3 Å². The SMILES string of the molecule is CO[C@@H](C)c1ncccc1-c1c(CC(C)(C)CO)c2cc(-c3coc(C[C@H](NC(=O)OC(C)(C)C)C(=O)N4N[C@H](C(=O)O)C5CC4C5)n3)ccc2n1CCO[C@H]1CCOC(C)(C)C1. The van der Waals surface area contributed by atoms with E-state index < -0.39 is 41.1 Å². The van der Waals surface area contributed by atoms with Crippen LogP contribution in [0.1, 0.15) is 104 Å². The average molecular weight is 873 g/mol. The number of nitrogens with zero attached hydrogens (tertiary/aromatic N) is 4. The molecular weight excluding hydrogens is 809 g/mol. The van der Waals surface area contributed by atoms with Crippen LogP contribution in [0.15, 0.2) is 47.2 Å². The van der Waals surface area contributed by atoms with E-state index >= 15 is 0 Å². The maximum absolute atomic E-state index is 14.1. The predicted octanol–water partition coefficient (Wildman–Crippen LogP) is 6.62. The van der Waals surface area contributed by atoms with Crippen LogP contribution in [0, 0.1) is 11.3 Å². The van der Waals surface area contributed by atoms with Gasteiger partial charge in [0.25, 0.3) is 5.91 Å². The first-order chi connectivity index (χ1) is 29.8. The molecule has 3 saturated heterocycles. The van der Waals surface area contributed by atoms with Crippen molar-refractivity contribution in [1.29, 1.82) is 0 Å². The number of aliphatic hydroxyl groups is 1. The fourth-order valence-corrected chi connectivity index (χ4v) is 9.02. The minimum Gasteiger partial charge on any atom is -0.480 e. The van der Waals surface area contributed by atoms with Crippen LogP contribution in [0.5, 0.6) is 0 Å². The Balaban J connectivity index is 1.25. The number of hydrogen-bond acceptors (Lipinski definition) is 12. The van der Waals surface area contributed by atoms with Gasteiger partial charge in [-0.05, 0) is 108 Å². The summed E-state index contributed by atoms with van der Waals surface area (Å²) in [7, 11) is 1.67. The average Bonchev–Trinajstić information content (AvgIpc) is 3.80. The molecule has 0 unspecified atom stereocenters. The van der Waals surface area contributed by atoms with Gasteiger partial charge in [0.15, 0.2) is 5.89 Å². The molecule has 1 aromatic carbocycles. The number of rotatable bonds is 16. The first-order valence-electron chi connectivity index (χ1n) is 22.0. The molecule has 4 N–H and O–H groups in total. The summed E-state index contributed by atoms with van der Waals surface area (Å²) in [5, 5.41) is 25.4. The van der Waals surface area contributed by atoms with Crippen LogP contribution < -0.4 is 10.7 Å². The number of carboxylic acids is 1. The minimum atomic E-state index is -1.17. The Hall–Kier alpha value is -4.87. The summed E-state index contributed by atoms with van der Waals surface area (Å²) < 4.78 is 32.1. The topological polar surface area (TPSA) is 200 Å². The van der Waals surface area contributed by atoms with Crippen LogP contribution in [0.25, 0.3) is 33.4 Å². The van der Waals surface area contributed by atoms with Gasteiger partial charge in [0.05, 0.1) is 42.2 Å². The quantitative estimate of drug-likeness (QED) is 0.0938. The lowest BCUT2D eigenvalue weighted by atomic mass is 9.73. The van der Waals surface area contributed by atoms with Crippen LogP contribution in [-0.2, 0) is 47.9 Å². The second-order valence-corrected chi connectivity index (χ2v) is 19.7. The second kappa shape index (κ2) is 18.3. The number of alkyl carbamates (subject to hydrolysis) is 1. The normalized spacial score (nSPS) is 22.0. The summed E-state index contributed by atoms with van der Waals surface area (Å²) in [6, 6.07) is 7.84. The number of aliphatic carboxylic acids is 1. The highest BCUT2D eigenvalue weighted by Gasteiger charge is 2.50. The molecule has 4 aromatic rings. The number of nitrogens with one attached hydrogen (secondary N) is 2. The van der Waals surface area contributed by atoms with E-state index in [9.17, 15) is 24.6 Å². The minimum absolute atomic E-state index is 0.0368. The number of oxazole rings is 1. The number of hydrazine groups is 1. The van der Waals surface area contributed by atoms with Crippen molar-refractivity contribution >= 4 is 28.9 Å². The standard InChI is InChI=1S/C47H64N6O10/c1-27(59-9)39-32(11-10-15-48-39)41-34(24-46(5,6)26-54)33-21-28(12-13-37(33)52(41)16-18-60-31-14-17-62-47(7,8)23-31)36-25-61-38(49-36)22-35(50-44(58)63-45(2,3)4)42(55)53-30-19-29(20-30)40(51-53)43(56)57/h10-13,15,21,25,27,29-31,35,40,51,54H,14,16-20,22-24,26H2,1-9H3,(H,50,58)(H,56,57)/t27-,29?,30?,31-,35-,40-/m0/s1. The van der Waals surface area contributed by atoms with Crippen molar-refractivity contribution in [3.8, 4) is 22.5 Å². The molecule has 4 fully saturated rings. The van der Waals surface area contributed by atoms with Crippen molar-refractivity contribution < 1.29 is 48.0 Å². The van der Waals surface area contributed by atoms with Gasteiger partial charge in [-0.15, -0.1) is 0 Å². The molecule has 1 saturated carbocycles. The van der Waals surface area contributed by atoms with Crippen LogP contribution >= 0.6 is 0 Å². The van der Waals surface area contributed by atoms with E-state index in [0.717, 1.165) is 51.8 Å². The van der Waals surface area contributed by atoms with Gasteiger partial charge >= 0.3 is 12.1 Å². The fraction of sp³-hybridized carbons (Fsp3) is 0.596. The smallest absolute Gasteiger partial charge is 0.408 e. The van der Waals surface area contributed by atoms with Crippen LogP contribution in [0.4, 0.5) is 4.79 Å². The Morgan fingerprint density at radius 3 is 2.57 bits per heavy atom. The molecule has 2 amide bonds. The van der Waals surface area contributed by atoms with Gasteiger partial charge in [-0.3, -0.25) is 19.6 Å². The number of amides is 2. The van der Waals surface area contributed by atoms with E-state index in [4.69, 9.17) is 33.3 Å². The second-order valence-electron chi connectivity index (χ2n) is 19.7. The number of methoxy groups -OCH3 is 1. The fourth-order valence-electron chi connectivity index (χ4n) is 9.02. The number of carbonyl (C=O) groups is 3. The molecule has 2 bridgehead atoms. The molecule has 3 aliphatic heterocycles. The first-order valence-corrected chi connectivity index (χ1v) is 22.0. The maximum Gasteiger partial charge on any atom is 0.408 e. The van der Waals surface area contributed by atoms with E-state index in [-0.39, 0.29) is 48.7 Å². The Morgan fingerprint density at radius 1 is 1.13 bits per heavy atom. The number of pyridine rings is 1. The molecule has 4 atom stereocenters. The summed E-state index contributed by atoms with van der Waals surface area (Å²) in [5.74, 6) is -1.42. The number of benzene rings is 1. The van der Waals surface area contributed by atoms with Gasteiger partial charge in [-0.1, -0.05) is 19.9 Å². The molecule has 4 aliphatic rings. The molecule has 3 aromatic heterocycles. The first kappa shape index (κ1) is 46.1. The van der Waals surface area contributed by atoms with Crippen LogP contribution in [0.2, 0.25) is 0 Å². The highest BCUT2D eigenvalue weighted by molar-refractivity contribution is 5.95. The number of aromatic nitrogens is 3. The Bertz CT molecular complexity index is 2290. The van der Waals surface area contributed by atoms with Crippen molar-refractivity contribution in [2.75, 3.05) is 26.9 Å². The molecule has 1 aliphatic carbocycles. The third-order valence-electron chi connectivity index (χ3n) is 12.4. The molecule has 0 spiro atoms. The zero-order valence-corrected chi connectivity index (χ0v) is 38.0. The highest BCUT2D eigenvalue weighted by Crippen LogP contribution is 2.42. The molecular formula is C47H64N6O10. The number of aliphatic hydroxyl groups excluding tert-OH is 1. The number of carboxylic acid groups (broad SMARTS) is 1. The van der Waals surface area contributed by atoms with Gasteiger partial charge in [0, 0.05) is 67.6 Å². The number of ether oxygens (including phenoxy) is 4. The zero-order valence-electron chi connectivity index (χ0n) is 38.0. The lowest BCUT2D eigenvalue weighted by Gasteiger charge is -2.52. The Labute approximate surface area is 369 Å². The molecule has 63 heavy (non-hydrogen) atoms. The van der Waals surface area contributed by atoms with Gasteiger partial charge in [-0.25, -0.2) is 15.2 Å². The van der Waals surface area contributed by atoms with E-state index in [1.165, 1.54) is 11.3 Å². The molecule has 16 nitrogen and oxygen atoms in total. The number of fused-ring (bicyclic) bond motifs is 3. The maximum atomic E-state index is 14.1. The Morgan fingerprint density at radius 2 is 1.89 bits per heavy atom. The monoisotopic (exact) mass is 872 g/mol. The molecule has 0 radical (unpaired) electrons. The van der Waals surface area contributed by atoms with Gasteiger partial charge in [-0.2, -0.15) is 0 Å². The van der Waals surface area contributed by atoms with E-state index in [1.807, 2.05) is 32.9 Å². The van der Waals surface area contributed by atoms with Crippen LogP contribution in [0.3, 0.4) is 0 Å². The highest BCUT2D eigenvalue weighted by atomic mass is 16.6. The summed E-state index contributed by atoms with van der Waals surface area (Å²) >= 11 is 0.